The largest absolute Gasteiger partial charge is 0.434 e. The molecule has 9 nitrogen and oxygen atoms in total. The smallest absolute Gasteiger partial charge is 0.326 e. The first-order chi connectivity index (χ1) is 18.2. The van der Waals surface area contributed by atoms with Gasteiger partial charge in [0.1, 0.15) is 6.04 Å². The highest BCUT2D eigenvalue weighted by molar-refractivity contribution is 7.89. The van der Waals surface area contributed by atoms with E-state index >= 15 is 8.78 Å². The summed E-state index contributed by atoms with van der Waals surface area (Å²) >= 11 is 0. The van der Waals surface area contributed by atoms with Crippen molar-refractivity contribution in [1.82, 2.24) is 15.3 Å². The molecule has 15 heteroatoms. The molecule has 1 saturated heterocycles. The van der Waals surface area contributed by atoms with Crippen LogP contribution in [0.15, 0.2) is 48.8 Å². The van der Waals surface area contributed by atoms with E-state index in [9.17, 15) is 31.2 Å². The van der Waals surface area contributed by atoms with E-state index in [-0.39, 0.29) is 46.9 Å². The lowest BCUT2D eigenvalue weighted by Gasteiger charge is -2.20. The molecule has 2 heterocycles. The summed E-state index contributed by atoms with van der Waals surface area (Å²) in [5.41, 5.74) is -1.36. The first kappa shape index (κ1) is 27.9. The van der Waals surface area contributed by atoms with Gasteiger partial charge in [0.2, 0.25) is 5.91 Å². The predicted molar refractivity (Wildman–Crippen MR) is 130 cm³/mol. The van der Waals surface area contributed by atoms with Crippen LogP contribution in [-0.2, 0) is 26.6 Å². The number of hydrogen-bond acceptors (Lipinski definition) is 6. The maximum atomic E-state index is 15.2. The van der Waals surface area contributed by atoms with Crippen LogP contribution in [0.2, 0.25) is 0 Å². The van der Waals surface area contributed by atoms with Crippen LogP contribution in [0, 0.1) is 11.6 Å². The fourth-order valence-corrected chi connectivity index (χ4v) is 4.87. The number of halogens is 5. The highest BCUT2D eigenvalue weighted by atomic mass is 32.2. The Morgan fingerprint density at radius 2 is 1.77 bits per heavy atom. The van der Waals surface area contributed by atoms with Gasteiger partial charge in [0.05, 0.1) is 23.8 Å². The van der Waals surface area contributed by atoms with Crippen molar-refractivity contribution in [1.29, 1.82) is 0 Å². The third-order valence-corrected chi connectivity index (χ3v) is 6.61. The molecule has 206 valence electrons. The van der Waals surface area contributed by atoms with E-state index in [4.69, 9.17) is 0 Å². The van der Waals surface area contributed by atoms with Crippen LogP contribution in [-0.4, -0.2) is 49.2 Å². The van der Waals surface area contributed by atoms with Crippen LogP contribution in [0.5, 0.6) is 0 Å². The van der Waals surface area contributed by atoms with Gasteiger partial charge in [-0.25, -0.2) is 32.0 Å². The van der Waals surface area contributed by atoms with Gasteiger partial charge in [0.25, 0.3) is 0 Å². The number of aromatic nitrogens is 2. The molecule has 0 unspecified atom stereocenters. The minimum Gasteiger partial charge on any atom is -0.326 e. The highest BCUT2D eigenvalue weighted by Crippen LogP contribution is 2.34. The second-order valence-electron chi connectivity index (χ2n) is 8.70. The molecule has 3 aromatic rings. The minimum absolute atomic E-state index is 0.0327. The van der Waals surface area contributed by atoms with Gasteiger partial charge in [-0.3, -0.25) is 10.1 Å². The number of sulfone groups is 1. The zero-order valence-corrected chi connectivity index (χ0v) is 20.9. The molecule has 0 aliphatic carbocycles. The number of urea groups is 1. The van der Waals surface area contributed by atoms with Crippen molar-refractivity contribution >= 4 is 33.3 Å². The quantitative estimate of drug-likeness (QED) is 0.435. The number of nitrogens with zero attached hydrogens (tertiary/aromatic N) is 3. The molecule has 1 aliphatic rings. The van der Waals surface area contributed by atoms with Crippen molar-refractivity contribution in [3.8, 4) is 11.1 Å². The summed E-state index contributed by atoms with van der Waals surface area (Å²) in [5.74, 6) is -4.05. The lowest BCUT2D eigenvalue weighted by atomic mass is 9.99. The standard InChI is InChI=1S/C24H20F5N5O4S/c1-39(37,38)12-13-4-2-3-5-14(13)15-6-7-17(21(26)20(15)25)34-9-8-16(22(34)35)32-23(36)33-19-11-30-18(10-31-19)24(27,28)29/h2-7,10-11,16H,8-9,12H2,1H3,(H2,31,32,33,36)/t16-/m1/s1. The molecule has 4 rings (SSSR count). The first-order valence-electron chi connectivity index (χ1n) is 11.3. The van der Waals surface area contributed by atoms with Gasteiger partial charge in [-0.2, -0.15) is 13.2 Å². The van der Waals surface area contributed by atoms with Crippen LogP contribution < -0.4 is 15.5 Å². The van der Waals surface area contributed by atoms with Crippen LogP contribution in [0.3, 0.4) is 0 Å². The molecule has 2 aromatic carbocycles. The Morgan fingerprint density at radius 3 is 2.41 bits per heavy atom. The SMILES string of the molecule is CS(=O)(=O)Cc1ccccc1-c1ccc(N2CC[C@@H](NC(=O)Nc3cnc(C(F)(F)F)cn3)C2=O)c(F)c1F. The molecule has 1 atom stereocenters. The van der Waals surface area contributed by atoms with Gasteiger partial charge < -0.3 is 10.2 Å². The summed E-state index contributed by atoms with van der Waals surface area (Å²) in [4.78, 5) is 32.6. The summed E-state index contributed by atoms with van der Waals surface area (Å²) in [5, 5.41) is 4.47. The minimum atomic E-state index is -4.71. The van der Waals surface area contributed by atoms with Gasteiger partial charge >= 0.3 is 12.2 Å². The fraction of sp³-hybridized carbons (Fsp3) is 0.250. The lowest BCUT2D eigenvalue weighted by Crippen LogP contribution is -2.43. The van der Waals surface area contributed by atoms with E-state index in [2.05, 4.69) is 20.6 Å². The topological polar surface area (TPSA) is 121 Å². The highest BCUT2D eigenvalue weighted by Gasteiger charge is 2.36. The van der Waals surface area contributed by atoms with Gasteiger partial charge in [0.15, 0.2) is 33.0 Å². The lowest BCUT2D eigenvalue weighted by molar-refractivity contribution is -0.141. The molecular weight excluding hydrogens is 549 g/mol. The Morgan fingerprint density at radius 1 is 1.05 bits per heavy atom. The molecule has 1 fully saturated rings. The Balaban J connectivity index is 1.48. The van der Waals surface area contributed by atoms with Crippen molar-refractivity contribution in [2.45, 2.75) is 24.4 Å². The maximum Gasteiger partial charge on any atom is 0.434 e. The summed E-state index contributed by atoms with van der Waals surface area (Å²) in [6.45, 7) is -0.0652. The van der Waals surface area contributed by atoms with Crippen molar-refractivity contribution in [3.05, 3.63) is 71.7 Å². The van der Waals surface area contributed by atoms with Gasteiger partial charge in [0, 0.05) is 18.4 Å². The number of amides is 3. The van der Waals surface area contributed by atoms with Crippen molar-refractivity contribution < 1.29 is 40.0 Å². The summed E-state index contributed by atoms with van der Waals surface area (Å²) in [6, 6.07) is 6.39. The zero-order chi connectivity index (χ0) is 28.5. The maximum absolute atomic E-state index is 15.2. The zero-order valence-electron chi connectivity index (χ0n) is 20.1. The van der Waals surface area contributed by atoms with Crippen molar-refractivity contribution in [2.24, 2.45) is 0 Å². The number of hydrogen-bond donors (Lipinski definition) is 2. The van der Waals surface area contributed by atoms with Crippen LogP contribution in [0.25, 0.3) is 11.1 Å². The van der Waals surface area contributed by atoms with Crippen molar-refractivity contribution in [3.63, 3.8) is 0 Å². The van der Waals surface area contributed by atoms with E-state index in [0.717, 1.165) is 11.2 Å². The Kier molecular flexibility index (Phi) is 7.54. The second kappa shape index (κ2) is 10.6. The number of carbonyl (C=O) groups excluding carboxylic acids is 2. The number of anilines is 2. The summed E-state index contributed by atoms with van der Waals surface area (Å²) in [6.07, 6.45) is -2.53. The predicted octanol–water partition coefficient (Wildman–Crippen LogP) is 3.91. The Hall–Kier alpha value is -4.14. The van der Waals surface area contributed by atoms with Crippen LogP contribution in [0.4, 0.5) is 38.3 Å². The number of nitrogens with one attached hydrogen (secondary N) is 2. The van der Waals surface area contributed by atoms with Crippen LogP contribution >= 0.6 is 0 Å². The van der Waals surface area contributed by atoms with E-state index in [0.29, 0.717) is 12.4 Å². The summed E-state index contributed by atoms with van der Waals surface area (Å²) < 4.78 is 91.6. The first-order valence-corrected chi connectivity index (χ1v) is 13.3. The van der Waals surface area contributed by atoms with Crippen LogP contribution in [0.1, 0.15) is 17.7 Å². The molecule has 1 aromatic heterocycles. The number of rotatable bonds is 6. The van der Waals surface area contributed by atoms with Gasteiger partial charge in [-0.1, -0.05) is 24.3 Å². The monoisotopic (exact) mass is 569 g/mol. The average molecular weight is 570 g/mol. The van der Waals surface area contributed by atoms with Crippen molar-refractivity contribution in [2.75, 3.05) is 23.0 Å². The molecule has 0 bridgehead atoms. The summed E-state index contributed by atoms with van der Waals surface area (Å²) in [7, 11) is -3.46. The second-order valence-corrected chi connectivity index (χ2v) is 10.8. The van der Waals surface area contributed by atoms with Gasteiger partial charge in [-0.05, 0) is 29.7 Å². The number of benzene rings is 2. The average Bonchev–Trinajstić information content (AvgIpc) is 3.19. The third-order valence-electron chi connectivity index (χ3n) is 5.77. The molecule has 0 spiro atoms. The molecule has 39 heavy (non-hydrogen) atoms. The van der Waals surface area contributed by atoms with Gasteiger partial charge in [-0.15, -0.1) is 0 Å². The van der Waals surface area contributed by atoms with E-state index in [1.807, 2.05) is 0 Å². The third kappa shape index (κ3) is 6.30. The molecule has 0 saturated carbocycles. The Labute approximate surface area is 219 Å². The molecule has 1 aliphatic heterocycles. The molecular formula is C24H20F5N5O4S. The fourth-order valence-electron chi connectivity index (χ4n) is 4.05. The van der Waals surface area contributed by atoms with E-state index in [1.165, 1.54) is 24.3 Å². The van der Waals surface area contributed by atoms with E-state index in [1.54, 1.807) is 12.1 Å². The number of carbonyl (C=O) groups is 2. The number of alkyl halides is 3. The molecule has 0 radical (unpaired) electrons. The molecule has 3 amide bonds. The molecule has 2 N–H and O–H groups in total. The van der Waals surface area contributed by atoms with E-state index < -0.39 is 51.3 Å². The Bertz CT molecular complexity index is 1530. The normalized spacial score (nSPS) is 15.9.